The molecule has 3 nitrogen and oxygen atoms in total. The summed E-state index contributed by atoms with van der Waals surface area (Å²) >= 11 is 0. The van der Waals surface area contributed by atoms with Gasteiger partial charge in [-0.1, -0.05) is 36.2 Å². The molecule has 94 valence electrons. The van der Waals surface area contributed by atoms with Crippen LogP contribution in [0.2, 0.25) is 6.04 Å². The van der Waals surface area contributed by atoms with Crippen molar-refractivity contribution >= 4 is 24.8 Å². The SMILES string of the molecule is CCC[Si]c1c(C)cc(C)c(S(=O)(=O)O)c1C. The molecule has 1 aromatic rings. The second-order valence-electron chi connectivity index (χ2n) is 4.24. The topological polar surface area (TPSA) is 54.4 Å². The maximum absolute atomic E-state index is 11.4. The molecule has 0 spiro atoms. The molecular weight excluding hydrogens is 252 g/mol. The molecule has 17 heavy (non-hydrogen) atoms. The predicted octanol–water partition coefficient (Wildman–Crippen LogP) is 2.02. The molecule has 0 aliphatic rings. The Morgan fingerprint density at radius 1 is 1.24 bits per heavy atom. The molecule has 1 aromatic carbocycles. The van der Waals surface area contributed by atoms with Gasteiger partial charge < -0.3 is 0 Å². The Bertz CT molecular complexity index is 521. The highest BCUT2D eigenvalue weighted by molar-refractivity contribution is 7.86. The Labute approximate surface area is 106 Å². The van der Waals surface area contributed by atoms with Crippen molar-refractivity contribution in [3.63, 3.8) is 0 Å². The van der Waals surface area contributed by atoms with Crippen LogP contribution in [0, 0.1) is 20.8 Å². The molecule has 0 aliphatic carbocycles. The third-order valence-electron chi connectivity index (χ3n) is 2.71. The molecule has 0 heterocycles. The zero-order chi connectivity index (χ0) is 13.2. The van der Waals surface area contributed by atoms with E-state index in [0.717, 1.165) is 23.2 Å². The van der Waals surface area contributed by atoms with Crippen LogP contribution >= 0.6 is 0 Å². The minimum absolute atomic E-state index is 0.0849. The molecule has 0 aliphatic heterocycles. The first-order valence-corrected chi connectivity index (χ1v) is 8.26. The average molecular weight is 270 g/mol. The molecular formula is C12H18O3SSi. The molecule has 1 rings (SSSR count). The third-order valence-corrected chi connectivity index (χ3v) is 5.73. The first-order chi connectivity index (χ1) is 7.79. The molecule has 0 fully saturated rings. The van der Waals surface area contributed by atoms with Gasteiger partial charge in [0.25, 0.3) is 10.1 Å². The van der Waals surface area contributed by atoms with Gasteiger partial charge in [-0.2, -0.15) is 8.42 Å². The van der Waals surface area contributed by atoms with Crippen molar-refractivity contribution in [1.29, 1.82) is 0 Å². The van der Waals surface area contributed by atoms with Gasteiger partial charge in [-0.15, -0.1) is 0 Å². The van der Waals surface area contributed by atoms with Crippen molar-refractivity contribution in [3.8, 4) is 0 Å². The fraction of sp³-hybridized carbons (Fsp3) is 0.500. The monoisotopic (exact) mass is 270 g/mol. The normalized spacial score (nSPS) is 11.8. The Morgan fingerprint density at radius 3 is 2.29 bits per heavy atom. The largest absolute Gasteiger partial charge is 0.295 e. The van der Waals surface area contributed by atoms with Crippen LogP contribution in [0.15, 0.2) is 11.0 Å². The lowest BCUT2D eigenvalue weighted by Crippen LogP contribution is -2.24. The van der Waals surface area contributed by atoms with Gasteiger partial charge in [0, 0.05) is 0 Å². The predicted molar refractivity (Wildman–Crippen MR) is 71.0 cm³/mol. The van der Waals surface area contributed by atoms with Crippen molar-refractivity contribution in [2.45, 2.75) is 45.1 Å². The highest BCUT2D eigenvalue weighted by atomic mass is 32.2. The second kappa shape index (κ2) is 5.33. The van der Waals surface area contributed by atoms with Crippen molar-refractivity contribution in [2.24, 2.45) is 0 Å². The Balaban J connectivity index is 3.43. The molecule has 0 saturated carbocycles. The Kier molecular flexibility index (Phi) is 4.52. The van der Waals surface area contributed by atoms with Crippen molar-refractivity contribution in [2.75, 3.05) is 0 Å². The van der Waals surface area contributed by atoms with Crippen LogP contribution in [0.1, 0.15) is 30.0 Å². The number of aryl methyl sites for hydroxylation is 2. The summed E-state index contributed by atoms with van der Waals surface area (Å²) in [5.41, 5.74) is 2.43. The van der Waals surface area contributed by atoms with E-state index in [1.165, 1.54) is 0 Å². The van der Waals surface area contributed by atoms with E-state index in [1.54, 1.807) is 13.8 Å². The van der Waals surface area contributed by atoms with Crippen LogP contribution in [0.5, 0.6) is 0 Å². The zero-order valence-electron chi connectivity index (χ0n) is 10.7. The third kappa shape index (κ3) is 3.17. The number of hydrogen-bond donors (Lipinski definition) is 1. The molecule has 0 saturated heterocycles. The van der Waals surface area contributed by atoms with E-state index >= 15 is 0 Å². The van der Waals surface area contributed by atoms with E-state index in [2.05, 4.69) is 6.92 Å². The average Bonchev–Trinajstić information content (AvgIpc) is 2.14. The Hall–Kier alpha value is -0.653. The summed E-state index contributed by atoms with van der Waals surface area (Å²) in [5.74, 6) is 0. The van der Waals surface area contributed by atoms with E-state index in [1.807, 2.05) is 13.0 Å². The first-order valence-electron chi connectivity index (χ1n) is 5.61. The zero-order valence-corrected chi connectivity index (χ0v) is 12.5. The van der Waals surface area contributed by atoms with E-state index < -0.39 is 10.1 Å². The summed E-state index contributed by atoms with van der Waals surface area (Å²) in [6.45, 7) is 7.60. The van der Waals surface area contributed by atoms with E-state index in [4.69, 9.17) is 0 Å². The van der Waals surface area contributed by atoms with Gasteiger partial charge in [-0.3, -0.25) is 4.55 Å². The molecule has 5 heteroatoms. The van der Waals surface area contributed by atoms with Gasteiger partial charge >= 0.3 is 0 Å². The van der Waals surface area contributed by atoms with E-state index in [9.17, 15) is 13.0 Å². The molecule has 0 amide bonds. The lowest BCUT2D eigenvalue weighted by Gasteiger charge is -2.14. The molecule has 0 aromatic heterocycles. The number of benzene rings is 1. The summed E-state index contributed by atoms with van der Waals surface area (Å²) in [4.78, 5) is 0.0849. The van der Waals surface area contributed by atoms with E-state index in [0.29, 0.717) is 20.6 Å². The van der Waals surface area contributed by atoms with Crippen molar-refractivity contribution < 1.29 is 13.0 Å². The van der Waals surface area contributed by atoms with Crippen LogP contribution < -0.4 is 5.19 Å². The maximum atomic E-state index is 11.4. The summed E-state index contributed by atoms with van der Waals surface area (Å²) in [5, 5.41) is 1.07. The molecule has 2 radical (unpaired) electrons. The minimum atomic E-state index is -4.12. The number of hydrogen-bond acceptors (Lipinski definition) is 2. The maximum Gasteiger partial charge on any atom is 0.295 e. The highest BCUT2D eigenvalue weighted by Crippen LogP contribution is 2.20. The van der Waals surface area contributed by atoms with Crippen LogP contribution in [-0.4, -0.2) is 22.5 Å². The van der Waals surface area contributed by atoms with Crippen LogP contribution in [0.4, 0.5) is 0 Å². The van der Waals surface area contributed by atoms with Gasteiger partial charge in [0.05, 0.1) is 14.4 Å². The quantitative estimate of drug-likeness (QED) is 0.672. The first kappa shape index (κ1) is 14.4. The lowest BCUT2D eigenvalue weighted by atomic mass is 10.1. The molecule has 1 N–H and O–H groups in total. The van der Waals surface area contributed by atoms with Gasteiger partial charge in [0.2, 0.25) is 0 Å². The number of rotatable bonds is 4. The Morgan fingerprint density at radius 2 is 1.82 bits per heavy atom. The van der Waals surface area contributed by atoms with Crippen molar-refractivity contribution in [3.05, 3.63) is 22.8 Å². The van der Waals surface area contributed by atoms with Gasteiger partial charge in [0.15, 0.2) is 0 Å². The molecule has 0 unspecified atom stereocenters. The summed E-state index contributed by atoms with van der Waals surface area (Å²) in [6, 6.07) is 2.89. The second-order valence-corrected chi connectivity index (χ2v) is 6.95. The van der Waals surface area contributed by atoms with Gasteiger partial charge in [0.1, 0.15) is 0 Å². The van der Waals surface area contributed by atoms with Crippen LogP contribution in [-0.2, 0) is 10.1 Å². The molecule has 0 atom stereocenters. The fourth-order valence-corrected chi connectivity index (χ4v) is 4.37. The van der Waals surface area contributed by atoms with Crippen molar-refractivity contribution in [1.82, 2.24) is 0 Å². The summed E-state index contributed by atoms with van der Waals surface area (Å²) in [6.07, 6.45) is 1.08. The highest BCUT2D eigenvalue weighted by Gasteiger charge is 2.20. The minimum Gasteiger partial charge on any atom is -0.282 e. The molecule has 0 bridgehead atoms. The smallest absolute Gasteiger partial charge is 0.282 e. The summed E-state index contributed by atoms with van der Waals surface area (Å²) < 4.78 is 32.0. The van der Waals surface area contributed by atoms with Gasteiger partial charge in [-0.25, -0.2) is 0 Å². The van der Waals surface area contributed by atoms with E-state index in [-0.39, 0.29) is 4.90 Å². The lowest BCUT2D eigenvalue weighted by molar-refractivity contribution is 0.482. The van der Waals surface area contributed by atoms with Crippen LogP contribution in [0.3, 0.4) is 0 Å². The fourth-order valence-electron chi connectivity index (χ4n) is 2.09. The van der Waals surface area contributed by atoms with Gasteiger partial charge in [-0.05, 0) is 31.9 Å². The standard InChI is InChI=1S/C12H18O3SSi/c1-5-6-17-12-9(3)7-8(2)11(10(12)4)16(13,14)15/h7H,5-6H2,1-4H3,(H,13,14,15). The van der Waals surface area contributed by atoms with Crippen LogP contribution in [0.25, 0.3) is 0 Å². The summed E-state index contributed by atoms with van der Waals surface area (Å²) in [7, 11) is -3.53.